The molecule has 1 aliphatic rings. The second-order valence-electron chi connectivity index (χ2n) is 4.10. The predicted octanol–water partition coefficient (Wildman–Crippen LogP) is 1.19. The van der Waals surface area contributed by atoms with E-state index < -0.39 is 0 Å². The molecule has 0 saturated carbocycles. The average Bonchev–Trinajstić information content (AvgIpc) is 2.39. The lowest BCUT2D eigenvalue weighted by atomic mass is 10.1. The third-order valence-corrected chi connectivity index (χ3v) is 3.11. The highest BCUT2D eigenvalue weighted by Gasteiger charge is 2.20. The van der Waals surface area contributed by atoms with Gasteiger partial charge in [0.05, 0.1) is 6.61 Å². The van der Waals surface area contributed by atoms with E-state index in [1.54, 1.807) is 6.20 Å². The molecule has 0 bridgehead atoms. The van der Waals surface area contributed by atoms with Gasteiger partial charge in [0.1, 0.15) is 5.82 Å². The third-order valence-electron chi connectivity index (χ3n) is 3.11. The zero-order chi connectivity index (χ0) is 11.4. The van der Waals surface area contributed by atoms with Crippen LogP contribution in [-0.2, 0) is 11.3 Å². The van der Waals surface area contributed by atoms with Crippen molar-refractivity contribution in [1.82, 2.24) is 4.98 Å². The van der Waals surface area contributed by atoms with E-state index in [1.807, 2.05) is 19.2 Å². The number of nitrogens with zero attached hydrogens (tertiary/aromatic N) is 2. The SMILES string of the molecule is CN(c1ncccc1CO)C1CCOCC1. The highest BCUT2D eigenvalue weighted by Crippen LogP contribution is 2.22. The number of aromatic nitrogens is 1. The van der Waals surface area contributed by atoms with Gasteiger partial charge in [0, 0.05) is 38.1 Å². The van der Waals surface area contributed by atoms with Crippen LogP contribution in [0.4, 0.5) is 5.82 Å². The summed E-state index contributed by atoms with van der Waals surface area (Å²) in [6.45, 7) is 1.67. The Morgan fingerprint density at radius 2 is 2.25 bits per heavy atom. The van der Waals surface area contributed by atoms with Crippen molar-refractivity contribution in [2.24, 2.45) is 0 Å². The fraction of sp³-hybridized carbons (Fsp3) is 0.583. The van der Waals surface area contributed by atoms with Gasteiger partial charge in [0.25, 0.3) is 0 Å². The number of hydrogen-bond donors (Lipinski definition) is 1. The van der Waals surface area contributed by atoms with Gasteiger partial charge in [0.2, 0.25) is 0 Å². The molecule has 0 radical (unpaired) electrons. The molecule has 2 rings (SSSR count). The summed E-state index contributed by atoms with van der Waals surface area (Å²) in [5.74, 6) is 0.886. The number of ether oxygens (including phenoxy) is 1. The molecule has 0 atom stereocenters. The van der Waals surface area contributed by atoms with E-state index in [2.05, 4.69) is 9.88 Å². The number of pyridine rings is 1. The van der Waals surface area contributed by atoms with Gasteiger partial charge in [0.15, 0.2) is 0 Å². The molecule has 1 saturated heterocycles. The maximum atomic E-state index is 9.27. The summed E-state index contributed by atoms with van der Waals surface area (Å²) in [6.07, 6.45) is 3.82. The molecule has 0 unspecified atom stereocenters. The van der Waals surface area contributed by atoms with Crippen LogP contribution in [0.5, 0.6) is 0 Å². The first-order chi connectivity index (χ1) is 7.83. The normalized spacial score (nSPS) is 17.4. The van der Waals surface area contributed by atoms with Gasteiger partial charge in [-0.05, 0) is 18.9 Å². The summed E-state index contributed by atoms with van der Waals surface area (Å²) in [6, 6.07) is 4.24. The van der Waals surface area contributed by atoms with Crippen molar-refractivity contribution in [3.05, 3.63) is 23.9 Å². The van der Waals surface area contributed by atoms with Gasteiger partial charge in [-0.3, -0.25) is 0 Å². The standard InChI is InChI=1S/C12H18N2O2/c1-14(11-4-7-16-8-5-11)12-10(9-15)3-2-6-13-12/h2-3,6,11,15H,4-5,7-9H2,1H3. The Hall–Kier alpha value is -1.13. The van der Waals surface area contributed by atoms with Gasteiger partial charge in [-0.15, -0.1) is 0 Å². The van der Waals surface area contributed by atoms with Crippen LogP contribution in [0.15, 0.2) is 18.3 Å². The smallest absolute Gasteiger partial charge is 0.134 e. The Morgan fingerprint density at radius 3 is 2.94 bits per heavy atom. The average molecular weight is 222 g/mol. The lowest BCUT2D eigenvalue weighted by molar-refractivity contribution is 0.0853. The minimum Gasteiger partial charge on any atom is -0.392 e. The van der Waals surface area contributed by atoms with Crippen LogP contribution in [0.2, 0.25) is 0 Å². The van der Waals surface area contributed by atoms with Crippen molar-refractivity contribution in [2.45, 2.75) is 25.5 Å². The molecule has 2 heterocycles. The van der Waals surface area contributed by atoms with Crippen molar-refractivity contribution >= 4 is 5.82 Å². The lowest BCUT2D eigenvalue weighted by Gasteiger charge is -2.32. The number of anilines is 1. The highest BCUT2D eigenvalue weighted by atomic mass is 16.5. The van der Waals surface area contributed by atoms with E-state index in [0.717, 1.165) is 37.4 Å². The van der Waals surface area contributed by atoms with Gasteiger partial charge < -0.3 is 14.7 Å². The van der Waals surface area contributed by atoms with Crippen LogP contribution in [0, 0.1) is 0 Å². The summed E-state index contributed by atoms with van der Waals surface area (Å²) in [5.41, 5.74) is 0.886. The number of hydrogen-bond acceptors (Lipinski definition) is 4. The van der Waals surface area contributed by atoms with Crippen LogP contribution in [-0.4, -0.2) is 36.4 Å². The number of aliphatic hydroxyl groups is 1. The Balaban J connectivity index is 2.15. The number of aliphatic hydroxyl groups excluding tert-OH is 1. The van der Waals surface area contributed by atoms with E-state index in [9.17, 15) is 5.11 Å². The molecule has 1 N–H and O–H groups in total. The van der Waals surface area contributed by atoms with Crippen molar-refractivity contribution in [2.75, 3.05) is 25.2 Å². The lowest BCUT2D eigenvalue weighted by Crippen LogP contribution is -2.37. The molecule has 4 nitrogen and oxygen atoms in total. The minimum atomic E-state index is 0.0384. The maximum absolute atomic E-state index is 9.27. The highest BCUT2D eigenvalue weighted by molar-refractivity contribution is 5.46. The summed E-state index contributed by atoms with van der Waals surface area (Å²) >= 11 is 0. The second kappa shape index (κ2) is 5.27. The van der Waals surface area contributed by atoms with Crippen molar-refractivity contribution in [1.29, 1.82) is 0 Å². The van der Waals surface area contributed by atoms with E-state index in [0.29, 0.717) is 6.04 Å². The molecule has 1 aliphatic heterocycles. The van der Waals surface area contributed by atoms with Crippen molar-refractivity contribution in [3.8, 4) is 0 Å². The third kappa shape index (κ3) is 2.33. The summed E-state index contributed by atoms with van der Waals surface area (Å²) in [5, 5.41) is 9.27. The fourth-order valence-corrected chi connectivity index (χ4v) is 2.12. The first-order valence-corrected chi connectivity index (χ1v) is 5.68. The topological polar surface area (TPSA) is 45.6 Å². The minimum absolute atomic E-state index is 0.0384. The van der Waals surface area contributed by atoms with Crippen LogP contribution < -0.4 is 4.90 Å². The van der Waals surface area contributed by atoms with Gasteiger partial charge in [-0.25, -0.2) is 4.98 Å². The molecule has 0 spiro atoms. The van der Waals surface area contributed by atoms with Crippen LogP contribution in [0.1, 0.15) is 18.4 Å². The zero-order valence-corrected chi connectivity index (χ0v) is 9.59. The molecule has 16 heavy (non-hydrogen) atoms. The molecule has 0 aliphatic carbocycles. The van der Waals surface area contributed by atoms with Crippen LogP contribution in [0.3, 0.4) is 0 Å². The Kier molecular flexibility index (Phi) is 3.74. The predicted molar refractivity (Wildman–Crippen MR) is 62.4 cm³/mol. The van der Waals surface area contributed by atoms with E-state index >= 15 is 0 Å². The van der Waals surface area contributed by atoms with E-state index in [1.165, 1.54) is 0 Å². The fourth-order valence-electron chi connectivity index (χ4n) is 2.12. The molecule has 88 valence electrons. The maximum Gasteiger partial charge on any atom is 0.134 e. The first-order valence-electron chi connectivity index (χ1n) is 5.68. The molecule has 0 aromatic carbocycles. The second-order valence-corrected chi connectivity index (χ2v) is 4.10. The molecule has 0 amide bonds. The van der Waals surface area contributed by atoms with Gasteiger partial charge in [-0.1, -0.05) is 6.07 Å². The number of rotatable bonds is 3. The summed E-state index contributed by atoms with van der Waals surface area (Å²) in [4.78, 5) is 6.51. The van der Waals surface area contributed by atoms with Crippen molar-refractivity contribution in [3.63, 3.8) is 0 Å². The molecular weight excluding hydrogens is 204 g/mol. The van der Waals surface area contributed by atoms with E-state index in [-0.39, 0.29) is 6.61 Å². The first kappa shape index (κ1) is 11.4. The summed E-state index contributed by atoms with van der Waals surface area (Å²) in [7, 11) is 2.04. The molecule has 4 heteroatoms. The Bertz CT molecular complexity index is 338. The van der Waals surface area contributed by atoms with Gasteiger partial charge in [-0.2, -0.15) is 0 Å². The Morgan fingerprint density at radius 1 is 1.50 bits per heavy atom. The molecule has 1 aromatic rings. The van der Waals surface area contributed by atoms with Crippen LogP contribution in [0.25, 0.3) is 0 Å². The zero-order valence-electron chi connectivity index (χ0n) is 9.59. The molecular formula is C12H18N2O2. The van der Waals surface area contributed by atoms with Gasteiger partial charge >= 0.3 is 0 Å². The quantitative estimate of drug-likeness (QED) is 0.834. The van der Waals surface area contributed by atoms with Crippen LogP contribution >= 0.6 is 0 Å². The molecule has 1 fully saturated rings. The summed E-state index contributed by atoms with van der Waals surface area (Å²) < 4.78 is 5.35. The Labute approximate surface area is 95.9 Å². The molecule has 1 aromatic heterocycles. The van der Waals surface area contributed by atoms with Crippen molar-refractivity contribution < 1.29 is 9.84 Å². The largest absolute Gasteiger partial charge is 0.392 e. The monoisotopic (exact) mass is 222 g/mol. The van der Waals surface area contributed by atoms with E-state index in [4.69, 9.17) is 4.74 Å².